The highest BCUT2D eigenvalue weighted by molar-refractivity contribution is 7.09. The van der Waals surface area contributed by atoms with Crippen LogP contribution in [0, 0.1) is 12.8 Å². The summed E-state index contributed by atoms with van der Waals surface area (Å²) in [5.41, 5.74) is 2.28. The molecule has 1 N–H and O–H groups in total. The molecule has 2 aromatic rings. The highest BCUT2D eigenvalue weighted by Crippen LogP contribution is 2.47. The number of aromatic nitrogens is 2. The van der Waals surface area contributed by atoms with Crippen LogP contribution in [0.25, 0.3) is 0 Å². The summed E-state index contributed by atoms with van der Waals surface area (Å²) in [4.78, 5) is 20.4. The number of carbonyl (C=O) groups excluding carboxylic acids is 1. The first kappa shape index (κ1) is 13.2. The van der Waals surface area contributed by atoms with Crippen molar-refractivity contribution in [2.24, 2.45) is 5.92 Å². The van der Waals surface area contributed by atoms with Gasteiger partial charge in [-0.1, -0.05) is 0 Å². The van der Waals surface area contributed by atoms with Crippen molar-refractivity contribution < 1.29 is 4.79 Å². The molecule has 1 aliphatic carbocycles. The molecule has 2 atom stereocenters. The van der Waals surface area contributed by atoms with Crippen molar-refractivity contribution in [2.75, 3.05) is 6.54 Å². The van der Waals surface area contributed by atoms with Crippen molar-refractivity contribution in [2.45, 2.75) is 25.7 Å². The Morgan fingerprint density at radius 1 is 1.45 bits per heavy atom. The van der Waals surface area contributed by atoms with Gasteiger partial charge in [-0.25, -0.2) is 4.98 Å². The van der Waals surface area contributed by atoms with Gasteiger partial charge in [-0.2, -0.15) is 0 Å². The molecule has 2 aromatic heterocycles. The normalized spacial score (nSPS) is 20.6. The standard InChI is InChI=1S/C15H17N3OS/c1-10-18-12(9-20-10)4-7-17-15(19)14-8-13(14)11-2-5-16-6-3-11/h2-3,5-6,9,13-14H,4,7-8H2,1H3,(H,17,19). The van der Waals surface area contributed by atoms with E-state index in [1.54, 1.807) is 23.7 Å². The fourth-order valence-corrected chi connectivity index (χ4v) is 3.08. The van der Waals surface area contributed by atoms with E-state index >= 15 is 0 Å². The van der Waals surface area contributed by atoms with Gasteiger partial charge in [-0.15, -0.1) is 11.3 Å². The topological polar surface area (TPSA) is 54.9 Å². The summed E-state index contributed by atoms with van der Waals surface area (Å²) in [5, 5.41) is 6.14. The van der Waals surface area contributed by atoms with Gasteiger partial charge < -0.3 is 5.32 Å². The largest absolute Gasteiger partial charge is 0.355 e. The van der Waals surface area contributed by atoms with Gasteiger partial charge in [0, 0.05) is 36.7 Å². The summed E-state index contributed by atoms with van der Waals surface area (Å²) in [5.74, 6) is 0.674. The quantitative estimate of drug-likeness (QED) is 0.918. The second-order valence-electron chi connectivity index (χ2n) is 5.13. The summed E-state index contributed by atoms with van der Waals surface area (Å²) in [6.07, 6.45) is 5.33. The summed E-state index contributed by atoms with van der Waals surface area (Å²) in [6.45, 7) is 2.66. The SMILES string of the molecule is Cc1nc(CCNC(=O)C2CC2c2ccncc2)cs1. The summed E-state index contributed by atoms with van der Waals surface area (Å²) < 4.78 is 0. The smallest absolute Gasteiger partial charge is 0.223 e. The molecule has 1 saturated carbocycles. The van der Waals surface area contributed by atoms with E-state index in [9.17, 15) is 4.79 Å². The number of hydrogen-bond acceptors (Lipinski definition) is 4. The number of thiazole rings is 1. The van der Waals surface area contributed by atoms with Crippen LogP contribution in [0.2, 0.25) is 0 Å². The number of carbonyl (C=O) groups is 1. The number of amides is 1. The molecule has 1 fully saturated rings. The van der Waals surface area contributed by atoms with Gasteiger partial charge in [0.25, 0.3) is 0 Å². The highest BCUT2D eigenvalue weighted by atomic mass is 32.1. The maximum absolute atomic E-state index is 12.0. The summed E-state index contributed by atoms with van der Waals surface area (Å²) in [7, 11) is 0. The van der Waals surface area contributed by atoms with Crippen LogP contribution in [0.3, 0.4) is 0 Å². The van der Waals surface area contributed by atoms with Gasteiger partial charge in [0.2, 0.25) is 5.91 Å². The molecule has 1 aliphatic rings. The Kier molecular flexibility index (Phi) is 3.78. The lowest BCUT2D eigenvalue weighted by molar-refractivity contribution is -0.122. The molecule has 0 aliphatic heterocycles. The van der Waals surface area contributed by atoms with Gasteiger partial charge in [0.05, 0.1) is 10.7 Å². The third-order valence-electron chi connectivity index (χ3n) is 3.61. The zero-order chi connectivity index (χ0) is 13.9. The fourth-order valence-electron chi connectivity index (χ4n) is 2.43. The predicted molar refractivity (Wildman–Crippen MR) is 78.6 cm³/mol. The molecular weight excluding hydrogens is 270 g/mol. The third-order valence-corrected chi connectivity index (χ3v) is 4.43. The van der Waals surface area contributed by atoms with Crippen LogP contribution in [0.5, 0.6) is 0 Å². The molecule has 104 valence electrons. The zero-order valence-corrected chi connectivity index (χ0v) is 12.2. The molecule has 2 heterocycles. The molecule has 1 amide bonds. The van der Waals surface area contributed by atoms with E-state index < -0.39 is 0 Å². The average molecular weight is 287 g/mol. The average Bonchev–Trinajstić information content (AvgIpc) is 3.17. The van der Waals surface area contributed by atoms with Gasteiger partial charge >= 0.3 is 0 Å². The second-order valence-corrected chi connectivity index (χ2v) is 6.19. The van der Waals surface area contributed by atoms with E-state index in [2.05, 4.69) is 20.7 Å². The molecule has 0 saturated heterocycles. The van der Waals surface area contributed by atoms with Crippen molar-refractivity contribution in [1.82, 2.24) is 15.3 Å². The number of hydrogen-bond donors (Lipinski definition) is 1. The molecule has 0 spiro atoms. The lowest BCUT2D eigenvalue weighted by atomic mass is 10.1. The molecule has 2 unspecified atom stereocenters. The Bertz CT molecular complexity index is 596. The van der Waals surface area contributed by atoms with Gasteiger partial charge in [0.15, 0.2) is 0 Å². The number of nitrogens with one attached hydrogen (secondary N) is 1. The van der Waals surface area contributed by atoms with Gasteiger partial charge in [-0.3, -0.25) is 9.78 Å². The van der Waals surface area contributed by atoms with Crippen LogP contribution in [-0.4, -0.2) is 22.4 Å². The van der Waals surface area contributed by atoms with Crippen molar-refractivity contribution >= 4 is 17.2 Å². The molecule has 20 heavy (non-hydrogen) atoms. The first-order chi connectivity index (χ1) is 9.74. The second kappa shape index (κ2) is 5.71. The lowest BCUT2D eigenvalue weighted by Crippen LogP contribution is -2.27. The molecule has 0 radical (unpaired) electrons. The lowest BCUT2D eigenvalue weighted by Gasteiger charge is -2.03. The molecular formula is C15H17N3OS. The van der Waals surface area contributed by atoms with Crippen molar-refractivity contribution in [3.63, 3.8) is 0 Å². The van der Waals surface area contributed by atoms with Crippen molar-refractivity contribution in [3.05, 3.63) is 46.2 Å². The van der Waals surface area contributed by atoms with Crippen LogP contribution in [-0.2, 0) is 11.2 Å². The van der Waals surface area contributed by atoms with Gasteiger partial charge in [0.1, 0.15) is 0 Å². The summed E-state index contributed by atoms with van der Waals surface area (Å²) in [6, 6.07) is 3.99. The zero-order valence-electron chi connectivity index (χ0n) is 11.4. The minimum absolute atomic E-state index is 0.134. The van der Waals surface area contributed by atoms with E-state index in [1.165, 1.54) is 5.56 Å². The third kappa shape index (κ3) is 3.04. The van der Waals surface area contributed by atoms with Crippen LogP contribution >= 0.6 is 11.3 Å². The van der Waals surface area contributed by atoms with Crippen LogP contribution in [0.1, 0.15) is 28.6 Å². The van der Waals surface area contributed by atoms with Crippen LogP contribution < -0.4 is 5.32 Å². The van der Waals surface area contributed by atoms with Crippen LogP contribution in [0.15, 0.2) is 29.9 Å². The number of nitrogens with zero attached hydrogens (tertiary/aromatic N) is 2. The molecule has 3 rings (SSSR count). The number of rotatable bonds is 5. The van der Waals surface area contributed by atoms with E-state index in [0.29, 0.717) is 12.5 Å². The predicted octanol–water partition coefficient (Wildman–Crippen LogP) is 2.31. The molecule has 0 bridgehead atoms. The first-order valence-electron chi connectivity index (χ1n) is 6.82. The maximum atomic E-state index is 12.0. The molecule has 0 aromatic carbocycles. The van der Waals surface area contributed by atoms with E-state index in [4.69, 9.17) is 0 Å². The van der Waals surface area contributed by atoms with Crippen molar-refractivity contribution in [3.8, 4) is 0 Å². The Morgan fingerprint density at radius 3 is 2.95 bits per heavy atom. The monoisotopic (exact) mass is 287 g/mol. The van der Waals surface area contributed by atoms with E-state index in [0.717, 1.165) is 23.5 Å². The summed E-state index contributed by atoms with van der Waals surface area (Å²) >= 11 is 1.65. The number of pyridine rings is 1. The minimum Gasteiger partial charge on any atom is -0.355 e. The Hall–Kier alpha value is -1.75. The van der Waals surface area contributed by atoms with Gasteiger partial charge in [-0.05, 0) is 37.0 Å². The Balaban J connectivity index is 1.45. The van der Waals surface area contributed by atoms with Crippen molar-refractivity contribution in [1.29, 1.82) is 0 Å². The van der Waals surface area contributed by atoms with Crippen LogP contribution in [0.4, 0.5) is 0 Å². The highest BCUT2D eigenvalue weighted by Gasteiger charge is 2.43. The van der Waals surface area contributed by atoms with E-state index in [-0.39, 0.29) is 11.8 Å². The molecule has 5 heteroatoms. The first-order valence-corrected chi connectivity index (χ1v) is 7.70. The Labute approximate surface area is 122 Å². The number of aryl methyl sites for hydroxylation is 1. The Morgan fingerprint density at radius 2 is 2.25 bits per heavy atom. The van der Waals surface area contributed by atoms with E-state index in [1.807, 2.05) is 19.1 Å². The molecule has 4 nitrogen and oxygen atoms in total. The maximum Gasteiger partial charge on any atom is 0.223 e. The minimum atomic E-state index is 0.134. The fraction of sp³-hybridized carbons (Fsp3) is 0.400.